The number of carbonyl (C=O) groups excluding carboxylic acids is 1. The summed E-state index contributed by atoms with van der Waals surface area (Å²) in [4.78, 5) is 14.5. The molecule has 0 aliphatic carbocycles. The summed E-state index contributed by atoms with van der Waals surface area (Å²) in [5.41, 5.74) is 0.496. The van der Waals surface area contributed by atoms with Crippen molar-refractivity contribution in [3.63, 3.8) is 0 Å². The average Bonchev–Trinajstić information content (AvgIpc) is 2.54. The fourth-order valence-electron chi connectivity index (χ4n) is 2.83. The number of amides is 1. The molecular formula is C17H26N2O4S. The monoisotopic (exact) mass is 354 g/mol. The number of carbonyl (C=O) groups is 1. The Morgan fingerprint density at radius 1 is 1.33 bits per heavy atom. The Balaban J connectivity index is 2.08. The molecule has 1 aromatic rings. The van der Waals surface area contributed by atoms with E-state index in [4.69, 9.17) is 4.74 Å². The van der Waals surface area contributed by atoms with Crippen molar-refractivity contribution >= 4 is 15.9 Å². The van der Waals surface area contributed by atoms with Gasteiger partial charge in [-0.05, 0) is 57.9 Å². The number of hydrogen-bond acceptors (Lipinski definition) is 4. The molecule has 1 aliphatic heterocycles. The quantitative estimate of drug-likeness (QED) is 0.848. The number of rotatable bonds is 6. The number of sulfonamides is 1. The molecule has 1 aromatic carbocycles. The Morgan fingerprint density at radius 3 is 2.58 bits per heavy atom. The van der Waals surface area contributed by atoms with Crippen molar-refractivity contribution in [1.82, 2.24) is 9.62 Å². The van der Waals surface area contributed by atoms with Gasteiger partial charge < -0.3 is 9.64 Å². The Kier molecular flexibility index (Phi) is 6.37. The number of piperidine rings is 1. The molecule has 24 heavy (non-hydrogen) atoms. The number of benzene rings is 1. The minimum Gasteiger partial charge on any atom is -0.377 e. The first-order valence-corrected chi connectivity index (χ1v) is 9.85. The second-order valence-electron chi connectivity index (χ2n) is 6.27. The predicted molar refractivity (Wildman–Crippen MR) is 92.5 cm³/mol. The van der Waals surface area contributed by atoms with E-state index < -0.39 is 10.0 Å². The highest BCUT2D eigenvalue weighted by Crippen LogP contribution is 2.17. The summed E-state index contributed by atoms with van der Waals surface area (Å²) in [6, 6.07) is 5.91. The van der Waals surface area contributed by atoms with Crippen molar-refractivity contribution in [2.75, 3.05) is 19.7 Å². The van der Waals surface area contributed by atoms with E-state index in [2.05, 4.69) is 4.72 Å². The molecular weight excluding hydrogens is 328 g/mol. The van der Waals surface area contributed by atoms with Crippen LogP contribution in [0, 0.1) is 0 Å². The Labute approximate surface area is 144 Å². The summed E-state index contributed by atoms with van der Waals surface area (Å²) >= 11 is 0. The fourth-order valence-corrected chi connectivity index (χ4v) is 4.08. The summed E-state index contributed by atoms with van der Waals surface area (Å²) in [5, 5.41) is 0. The minimum absolute atomic E-state index is 0.0832. The van der Waals surface area contributed by atoms with Gasteiger partial charge in [0.05, 0.1) is 11.0 Å². The highest BCUT2D eigenvalue weighted by atomic mass is 32.2. The van der Waals surface area contributed by atoms with Crippen molar-refractivity contribution in [2.45, 2.75) is 50.7 Å². The first-order valence-electron chi connectivity index (χ1n) is 8.36. The van der Waals surface area contributed by atoms with E-state index in [0.717, 1.165) is 12.8 Å². The van der Waals surface area contributed by atoms with Crippen molar-refractivity contribution < 1.29 is 17.9 Å². The summed E-state index contributed by atoms with van der Waals surface area (Å²) < 4.78 is 32.4. The van der Waals surface area contributed by atoms with E-state index in [-0.39, 0.29) is 22.9 Å². The third-order valence-electron chi connectivity index (χ3n) is 3.87. The lowest BCUT2D eigenvalue weighted by Crippen LogP contribution is -2.43. The van der Waals surface area contributed by atoms with E-state index in [9.17, 15) is 13.2 Å². The normalized spacial score (nSPS) is 18.8. The van der Waals surface area contributed by atoms with Gasteiger partial charge in [-0.15, -0.1) is 0 Å². The van der Waals surface area contributed by atoms with Gasteiger partial charge in [0.1, 0.15) is 0 Å². The van der Waals surface area contributed by atoms with Crippen LogP contribution in [0.15, 0.2) is 29.2 Å². The van der Waals surface area contributed by atoms with Gasteiger partial charge in [0.2, 0.25) is 10.0 Å². The molecule has 1 atom stereocenters. The first kappa shape index (κ1) is 18.9. The van der Waals surface area contributed by atoms with Crippen LogP contribution in [-0.4, -0.2) is 51.1 Å². The highest BCUT2D eigenvalue weighted by molar-refractivity contribution is 7.89. The molecule has 0 saturated carbocycles. The van der Waals surface area contributed by atoms with Gasteiger partial charge >= 0.3 is 0 Å². The summed E-state index contributed by atoms with van der Waals surface area (Å²) in [7, 11) is -3.54. The zero-order chi connectivity index (χ0) is 17.7. The zero-order valence-electron chi connectivity index (χ0n) is 14.5. The SMILES string of the molecule is CCOC1CCCN(C(=O)c2ccc(S(=O)(=O)NC(C)C)cc2)C1. The number of nitrogens with zero attached hydrogens (tertiary/aromatic N) is 1. The maximum Gasteiger partial charge on any atom is 0.253 e. The van der Waals surface area contributed by atoms with Crippen LogP contribution in [0.5, 0.6) is 0 Å². The molecule has 1 unspecified atom stereocenters. The molecule has 6 nitrogen and oxygen atoms in total. The second-order valence-corrected chi connectivity index (χ2v) is 7.99. The Bertz CT molecular complexity index is 654. The molecule has 0 radical (unpaired) electrons. The van der Waals surface area contributed by atoms with Crippen molar-refractivity contribution in [2.24, 2.45) is 0 Å². The molecule has 7 heteroatoms. The van der Waals surface area contributed by atoms with Crippen LogP contribution in [0.1, 0.15) is 44.0 Å². The zero-order valence-corrected chi connectivity index (χ0v) is 15.3. The van der Waals surface area contributed by atoms with Gasteiger partial charge in [-0.1, -0.05) is 0 Å². The van der Waals surface area contributed by atoms with Crippen LogP contribution in [0.4, 0.5) is 0 Å². The third kappa shape index (κ3) is 4.78. The van der Waals surface area contributed by atoms with Gasteiger partial charge in [0.25, 0.3) is 5.91 Å². The summed E-state index contributed by atoms with van der Waals surface area (Å²) in [5.74, 6) is -0.0832. The van der Waals surface area contributed by atoms with Gasteiger partial charge in [-0.3, -0.25) is 4.79 Å². The van der Waals surface area contributed by atoms with Gasteiger partial charge in [0, 0.05) is 31.3 Å². The molecule has 0 aromatic heterocycles. The van der Waals surface area contributed by atoms with Crippen molar-refractivity contribution in [1.29, 1.82) is 0 Å². The fraction of sp³-hybridized carbons (Fsp3) is 0.588. The van der Waals surface area contributed by atoms with Crippen molar-refractivity contribution in [3.8, 4) is 0 Å². The number of likely N-dealkylation sites (tertiary alicyclic amines) is 1. The maximum atomic E-state index is 12.6. The molecule has 1 saturated heterocycles. The van der Waals surface area contributed by atoms with E-state index in [1.54, 1.807) is 30.9 Å². The predicted octanol–water partition coefficient (Wildman–Crippen LogP) is 2.01. The molecule has 2 rings (SSSR count). The van der Waals surface area contributed by atoms with Crippen LogP contribution < -0.4 is 4.72 Å². The second kappa shape index (κ2) is 8.09. The number of ether oxygens (including phenoxy) is 1. The van der Waals surface area contributed by atoms with E-state index in [0.29, 0.717) is 25.3 Å². The van der Waals surface area contributed by atoms with E-state index in [1.165, 1.54) is 12.1 Å². The Morgan fingerprint density at radius 2 is 2.00 bits per heavy atom. The molecule has 1 amide bonds. The largest absolute Gasteiger partial charge is 0.377 e. The molecule has 1 N–H and O–H groups in total. The van der Waals surface area contributed by atoms with Crippen LogP contribution in [0.25, 0.3) is 0 Å². The summed E-state index contributed by atoms with van der Waals surface area (Å²) in [6.07, 6.45) is 1.97. The average molecular weight is 354 g/mol. The lowest BCUT2D eigenvalue weighted by Gasteiger charge is -2.32. The number of hydrogen-bond donors (Lipinski definition) is 1. The van der Waals surface area contributed by atoms with Crippen molar-refractivity contribution in [3.05, 3.63) is 29.8 Å². The van der Waals surface area contributed by atoms with Crippen LogP contribution >= 0.6 is 0 Å². The highest BCUT2D eigenvalue weighted by Gasteiger charge is 2.25. The third-order valence-corrected chi connectivity index (χ3v) is 5.54. The van der Waals surface area contributed by atoms with Gasteiger partial charge in [-0.2, -0.15) is 0 Å². The number of nitrogens with one attached hydrogen (secondary N) is 1. The first-order chi connectivity index (χ1) is 11.3. The topological polar surface area (TPSA) is 75.7 Å². The molecule has 0 spiro atoms. The molecule has 1 aliphatic rings. The minimum atomic E-state index is -3.54. The molecule has 1 heterocycles. The molecule has 0 bridgehead atoms. The van der Waals surface area contributed by atoms with Crippen LogP contribution in [-0.2, 0) is 14.8 Å². The Hall–Kier alpha value is -1.44. The van der Waals surface area contributed by atoms with E-state index >= 15 is 0 Å². The summed E-state index contributed by atoms with van der Waals surface area (Å²) in [6.45, 7) is 7.41. The maximum absolute atomic E-state index is 12.6. The van der Waals surface area contributed by atoms with Crippen LogP contribution in [0.3, 0.4) is 0 Å². The van der Waals surface area contributed by atoms with Crippen LogP contribution in [0.2, 0.25) is 0 Å². The smallest absolute Gasteiger partial charge is 0.253 e. The lowest BCUT2D eigenvalue weighted by molar-refractivity contribution is 0.00724. The molecule has 1 fully saturated rings. The van der Waals surface area contributed by atoms with Gasteiger partial charge in [-0.25, -0.2) is 13.1 Å². The molecule has 134 valence electrons. The lowest BCUT2D eigenvalue weighted by atomic mass is 10.1. The van der Waals surface area contributed by atoms with E-state index in [1.807, 2.05) is 6.92 Å². The standard InChI is InChI=1S/C17H26N2O4S/c1-4-23-15-6-5-11-19(12-15)17(20)14-7-9-16(10-8-14)24(21,22)18-13(2)3/h7-10,13,15,18H,4-6,11-12H2,1-3H3. The van der Waals surface area contributed by atoms with Gasteiger partial charge in [0.15, 0.2) is 0 Å².